The van der Waals surface area contributed by atoms with E-state index in [0.29, 0.717) is 40.6 Å². The zero-order chi connectivity index (χ0) is 22.7. The van der Waals surface area contributed by atoms with E-state index in [0.717, 1.165) is 5.56 Å². The van der Waals surface area contributed by atoms with Gasteiger partial charge in [0.2, 0.25) is 0 Å². The van der Waals surface area contributed by atoms with Gasteiger partial charge in [-0.15, -0.1) is 0 Å². The summed E-state index contributed by atoms with van der Waals surface area (Å²) >= 11 is 0. The first kappa shape index (κ1) is 21.2. The summed E-state index contributed by atoms with van der Waals surface area (Å²) in [6.07, 6.45) is 0. The normalized spacial score (nSPS) is 13.5. The Bertz CT molecular complexity index is 1170. The minimum Gasteiger partial charge on any atom is -0.493 e. The SMILES string of the molecule is COc1ccc(C2=C(N(C)Cc3ccccc3)C(=O)N(c3ccccc3)C2=O)cc1OC. The van der Waals surface area contributed by atoms with Crippen LogP contribution in [-0.4, -0.2) is 38.0 Å². The van der Waals surface area contributed by atoms with Crippen LogP contribution in [0.2, 0.25) is 0 Å². The highest BCUT2D eigenvalue weighted by Gasteiger charge is 2.41. The van der Waals surface area contributed by atoms with Gasteiger partial charge in [0.05, 0.1) is 25.5 Å². The smallest absolute Gasteiger partial charge is 0.282 e. The Morgan fingerprint density at radius 1 is 0.781 bits per heavy atom. The first-order chi connectivity index (χ1) is 15.5. The number of amides is 2. The van der Waals surface area contributed by atoms with Crippen molar-refractivity contribution in [1.82, 2.24) is 4.90 Å². The lowest BCUT2D eigenvalue weighted by Gasteiger charge is -2.21. The van der Waals surface area contributed by atoms with E-state index in [9.17, 15) is 9.59 Å². The fraction of sp³-hybridized carbons (Fsp3) is 0.154. The van der Waals surface area contributed by atoms with Gasteiger partial charge in [0, 0.05) is 13.6 Å². The van der Waals surface area contributed by atoms with Gasteiger partial charge in [-0.3, -0.25) is 9.59 Å². The molecule has 162 valence electrons. The molecule has 0 fully saturated rings. The van der Waals surface area contributed by atoms with Crippen molar-refractivity contribution in [2.75, 3.05) is 26.2 Å². The van der Waals surface area contributed by atoms with E-state index >= 15 is 0 Å². The average molecular weight is 428 g/mol. The van der Waals surface area contributed by atoms with Gasteiger partial charge < -0.3 is 14.4 Å². The Balaban J connectivity index is 1.83. The van der Waals surface area contributed by atoms with Crippen LogP contribution in [-0.2, 0) is 16.1 Å². The molecule has 0 N–H and O–H groups in total. The maximum absolute atomic E-state index is 13.6. The minimum atomic E-state index is -0.372. The van der Waals surface area contributed by atoms with Gasteiger partial charge in [0.1, 0.15) is 5.70 Å². The highest BCUT2D eigenvalue weighted by molar-refractivity contribution is 6.45. The minimum absolute atomic E-state index is 0.332. The van der Waals surface area contributed by atoms with Crippen LogP contribution in [0.4, 0.5) is 5.69 Å². The van der Waals surface area contributed by atoms with Crippen LogP contribution >= 0.6 is 0 Å². The fourth-order valence-electron chi connectivity index (χ4n) is 3.87. The highest BCUT2D eigenvalue weighted by Crippen LogP contribution is 2.38. The summed E-state index contributed by atoms with van der Waals surface area (Å²) in [4.78, 5) is 30.2. The third-order valence-electron chi connectivity index (χ3n) is 5.39. The predicted octanol–water partition coefficient (Wildman–Crippen LogP) is 4.12. The van der Waals surface area contributed by atoms with Gasteiger partial charge in [-0.1, -0.05) is 54.6 Å². The fourth-order valence-corrected chi connectivity index (χ4v) is 3.87. The summed E-state index contributed by atoms with van der Waals surface area (Å²) in [5, 5.41) is 0. The summed E-state index contributed by atoms with van der Waals surface area (Å²) < 4.78 is 10.8. The summed E-state index contributed by atoms with van der Waals surface area (Å²) in [5.41, 5.74) is 2.83. The quantitative estimate of drug-likeness (QED) is 0.530. The summed E-state index contributed by atoms with van der Waals surface area (Å²) in [7, 11) is 4.91. The Hall–Kier alpha value is -4.06. The van der Waals surface area contributed by atoms with Crippen LogP contribution in [0.1, 0.15) is 11.1 Å². The van der Waals surface area contributed by atoms with Crippen LogP contribution < -0.4 is 14.4 Å². The van der Waals surface area contributed by atoms with E-state index in [4.69, 9.17) is 9.47 Å². The topological polar surface area (TPSA) is 59.1 Å². The Kier molecular flexibility index (Phi) is 5.94. The Morgan fingerprint density at radius 3 is 2.03 bits per heavy atom. The van der Waals surface area contributed by atoms with E-state index in [1.54, 1.807) is 49.6 Å². The van der Waals surface area contributed by atoms with Crippen molar-refractivity contribution in [3.63, 3.8) is 0 Å². The number of anilines is 1. The van der Waals surface area contributed by atoms with Gasteiger partial charge in [-0.2, -0.15) is 0 Å². The Labute approximate surface area is 187 Å². The molecule has 3 aromatic rings. The van der Waals surface area contributed by atoms with Gasteiger partial charge >= 0.3 is 0 Å². The zero-order valence-electron chi connectivity index (χ0n) is 18.2. The van der Waals surface area contributed by atoms with Gasteiger partial charge in [0.15, 0.2) is 11.5 Å². The number of benzene rings is 3. The van der Waals surface area contributed by atoms with E-state index in [1.165, 1.54) is 12.0 Å². The number of methoxy groups -OCH3 is 2. The molecule has 4 rings (SSSR count). The highest BCUT2D eigenvalue weighted by atomic mass is 16.5. The standard InChI is InChI=1S/C26H24N2O4/c1-27(17-18-10-6-4-7-11-18)24-23(19-14-15-21(31-2)22(16-19)32-3)25(29)28(26(24)30)20-12-8-5-9-13-20/h4-16H,17H2,1-3H3. The predicted molar refractivity (Wildman–Crippen MR) is 123 cm³/mol. The molecule has 2 amide bonds. The molecule has 0 aromatic heterocycles. The van der Waals surface area contributed by atoms with Crippen LogP contribution in [0.3, 0.4) is 0 Å². The molecule has 0 unspecified atom stereocenters. The number of likely N-dealkylation sites (N-methyl/N-ethyl adjacent to an activating group) is 1. The van der Waals surface area contributed by atoms with E-state index in [-0.39, 0.29) is 11.8 Å². The molecular formula is C26H24N2O4. The maximum atomic E-state index is 13.6. The molecule has 1 aliphatic rings. The molecule has 0 radical (unpaired) electrons. The molecule has 0 atom stereocenters. The molecule has 0 saturated heterocycles. The van der Waals surface area contributed by atoms with Crippen molar-refractivity contribution < 1.29 is 19.1 Å². The first-order valence-corrected chi connectivity index (χ1v) is 10.2. The van der Waals surface area contributed by atoms with Gasteiger partial charge in [0.25, 0.3) is 11.8 Å². The second-order valence-corrected chi connectivity index (χ2v) is 7.42. The molecular weight excluding hydrogens is 404 g/mol. The van der Waals surface area contributed by atoms with Crippen molar-refractivity contribution in [3.05, 3.63) is 95.7 Å². The summed E-state index contributed by atoms with van der Waals surface area (Å²) in [6.45, 7) is 0.481. The largest absolute Gasteiger partial charge is 0.493 e. The lowest BCUT2D eigenvalue weighted by Crippen LogP contribution is -2.34. The Morgan fingerprint density at radius 2 is 1.41 bits per heavy atom. The number of rotatable bonds is 7. The van der Waals surface area contributed by atoms with Crippen molar-refractivity contribution in [2.24, 2.45) is 0 Å². The third kappa shape index (κ3) is 3.83. The molecule has 6 heteroatoms. The molecule has 0 aliphatic carbocycles. The maximum Gasteiger partial charge on any atom is 0.282 e. The van der Waals surface area contributed by atoms with Crippen LogP contribution in [0, 0.1) is 0 Å². The lowest BCUT2D eigenvalue weighted by molar-refractivity contribution is -0.120. The molecule has 0 saturated carbocycles. The van der Waals surface area contributed by atoms with Crippen molar-refractivity contribution >= 4 is 23.1 Å². The molecule has 3 aromatic carbocycles. The second-order valence-electron chi connectivity index (χ2n) is 7.42. The van der Waals surface area contributed by atoms with Crippen molar-refractivity contribution in [3.8, 4) is 11.5 Å². The number of hydrogen-bond acceptors (Lipinski definition) is 5. The lowest BCUT2D eigenvalue weighted by atomic mass is 10.0. The number of nitrogens with zero attached hydrogens (tertiary/aromatic N) is 2. The molecule has 6 nitrogen and oxygen atoms in total. The molecule has 1 aliphatic heterocycles. The number of para-hydroxylation sites is 1. The van der Waals surface area contributed by atoms with E-state index in [2.05, 4.69) is 0 Å². The van der Waals surface area contributed by atoms with Crippen LogP contribution in [0.5, 0.6) is 11.5 Å². The monoisotopic (exact) mass is 428 g/mol. The number of ether oxygens (including phenoxy) is 2. The van der Waals surface area contributed by atoms with Gasteiger partial charge in [-0.05, 0) is 35.4 Å². The number of hydrogen-bond donors (Lipinski definition) is 0. The molecule has 0 spiro atoms. The van der Waals surface area contributed by atoms with Crippen LogP contribution in [0.25, 0.3) is 5.57 Å². The molecule has 1 heterocycles. The zero-order valence-corrected chi connectivity index (χ0v) is 18.2. The first-order valence-electron chi connectivity index (χ1n) is 10.2. The van der Waals surface area contributed by atoms with Crippen LogP contribution in [0.15, 0.2) is 84.6 Å². The van der Waals surface area contributed by atoms with Crippen molar-refractivity contribution in [1.29, 1.82) is 0 Å². The van der Waals surface area contributed by atoms with Gasteiger partial charge in [-0.25, -0.2) is 4.90 Å². The van der Waals surface area contributed by atoms with E-state index < -0.39 is 0 Å². The number of carbonyl (C=O) groups excluding carboxylic acids is 2. The summed E-state index contributed by atoms with van der Waals surface area (Å²) in [6, 6.07) is 24.0. The average Bonchev–Trinajstić information content (AvgIpc) is 3.09. The van der Waals surface area contributed by atoms with E-state index in [1.807, 2.05) is 48.3 Å². The number of imide groups is 1. The summed E-state index contributed by atoms with van der Waals surface area (Å²) in [5.74, 6) is 0.307. The number of carbonyl (C=O) groups is 2. The third-order valence-corrected chi connectivity index (χ3v) is 5.39. The second kappa shape index (κ2) is 8.98. The molecule has 32 heavy (non-hydrogen) atoms. The molecule has 0 bridgehead atoms. The van der Waals surface area contributed by atoms with Crippen molar-refractivity contribution in [2.45, 2.75) is 6.54 Å².